The van der Waals surface area contributed by atoms with Gasteiger partial charge in [0.1, 0.15) is 0 Å². The van der Waals surface area contributed by atoms with Crippen molar-refractivity contribution in [3.63, 3.8) is 0 Å². The first kappa shape index (κ1) is 20.9. The Balaban J connectivity index is 2.41. The van der Waals surface area contributed by atoms with Gasteiger partial charge >= 0.3 is 5.97 Å². The number of rotatable bonds is 8. The molecule has 0 radical (unpaired) electrons. The Labute approximate surface area is 175 Å². The largest absolute Gasteiger partial charge is 0.462 e. The quantitative estimate of drug-likeness (QED) is 0.184. The normalized spacial score (nSPS) is 12.5. The minimum atomic E-state index is -0.199. The van der Waals surface area contributed by atoms with Crippen molar-refractivity contribution in [2.75, 3.05) is 6.61 Å². The molecule has 0 amide bonds. The van der Waals surface area contributed by atoms with Crippen molar-refractivity contribution in [1.82, 2.24) is 0 Å². The average Bonchev–Trinajstić information content (AvgIpc) is 2.42. The summed E-state index contributed by atoms with van der Waals surface area (Å²) in [6, 6.07) is 3.97. The highest BCUT2D eigenvalue weighted by molar-refractivity contribution is 14.1. The van der Waals surface area contributed by atoms with Crippen LogP contribution in [0.5, 0.6) is 0 Å². The van der Waals surface area contributed by atoms with E-state index in [4.69, 9.17) is 4.74 Å². The molecule has 124 valence electrons. The van der Waals surface area contributed by atoms with Gasteiger partial charge in [-0.05, 0) is 98.2 Å². The van der Waals surface area contributed by atoms with Crippen LogP contribution in [0.4, 0.5) is 0 Å². The van der Waals surface area contributed by atoms with Crippen LogP contribution in [-0.2, 0) is 4.74 Å². The van der Waals surface area contributed by atoms with E-state index in [-0.39, 0.29) is 5.97 Å². The lowest BCUT2D eigenvalue weighted by Gasteiger charge is -2.13. The SMILES string of the molecule is CC(C)CCCC(C)CCOC(=O)c1cc(I)cc(I)c1I. The minimum absolute atomic E-state index is 0.199. The topological polar surface area (TPSA) is 26.3 Å². The zero-order valence-electron chi connectivity index (χ0n) is 13.3. The highest BCUT2D eigenvalue weighted by Crippen LogP contribution is 2.23. The fraction of sp³-hybridized carbons (Fsp3) is 0.588. The number of halogens is 3. The molecule has 0 fully saturated rings. The van der Waals surface area contributed by atoms with Crippen molar-refractivity contribution in [3.05, 3.63) is 28.4 Å². The fourth-order valence-electron chi connectivity index (χ4n) is 2.15. The monoisotopic (exact) mass is 640 g/mol. The van der Waals surface area contributed by atoms with Crippen molar-refractivity contribution in [2.45, 2.75) is 46.5 Å². The first-order valence-electron chi connectivity index (χ1n) is 7.63. The molecule has 2 nitrogen and oxygen atoms in total. The van der Waals surface area contributed by atoms with Gasteiger partial charge in [-0.1, -0.05) is 40.0 Å². The Morgan fingerprint density at radius 2 is 1.77 bits per heavy atom. The Kier molecular flexibility index (Phi) is 10.2. The number of ether oxygens (including phenoxy) is 1. The van der Waals surface area contributed by atoms with Gasteiger partial charge in [0, 0.05) is 10.7 Å². The van der Waals surface area contributed by atoms with Gasteiger partial charge in [0.25, 0.3) is 0 Å². The van der Waals surface area contributed by atoms with Gasteiger partial charge in [0.2, 0.25) is 0 Å². The number of benzene rings is 1. The van der Waals surface area contributed by atoms with Crippen molar-refractivity contribution < 1.29 is 9.53 Å². The van der Waals surface area contributed by atoms with Crippen LogP contribution in [0.2, 0.25) is 0 Å². The van der Waals surface area contributed by atoms with Crippen LogP contribution in [-0.4, -0.2) is 12.6 Å². The Morgan fingerprint density at radius 1 is 1.09 bits per heavy atom. The molecule has 1 atom stereocenters. The molecule has 0 N–H and O–H groups in total. The van der Waals surface area contributed by atoms with Gasteiger partial charge in [-0.15, -0.1) is 0 Å². The molecule has 0 aliphatic rings. The van der Waals surface area contributed by atoms with Crippen LogP contribution in [0.25, 0.3) is 0 Å². The second-order valence-electron chi connectivity index (χ2n) is 6.10. The van der Waals surface area contributed by atoms with Gasteiger partial charge in [-0.2, -0.15) is 0 Å². The third-order valence-electron chi connectivity index (χ3n) is 3.54. The molecule has 1 unspecified atom stereocenters. The molecule has 0 aliphatic heterocycles. The van der Waals surface area contributed by atoms with Crippen molar-refractivity contribution >= 4 is 73.7 Å². The maximum absolute atomic E-state index is 12.2. The molecule has 22 heavy (non-hydrogen) atoms. The Morgan fingerprint density at radius 3 is 2.41 bits per heavy atom. The summed E-state index contributed by atoms with van der Waals surface area (Å²) in [5.74, 6) is 1.19. The van der Waals surface area contributed by atoms with Gasteiger partial charge in [0.15, 0.2) is 0 Å². The van der Waals surface area contributed by atoms with Crippen LogP contribution < -0.4 is 0 Å². The molecule has 1 aromatic carbocycles. The Hall–Kier alpha value is 0.880. The van der Waals surface area contributed by atoms with E-state index < -0.39 is 0 Å². The van der Waals surface area contributed by atoms with E-state index in [1.54, 1.807) is 0 Å². The summed E-state index contributed by atoms with van der Waals surface area (Å²) >= 11 is 6.71. The van der Waals surface area contributed by atoms with E-state index in [0.717, 1.165) is 23.0 Å². The van der Waals surface area contributed by atoms with E-state index in [1.165, 1.54) is 19.3 Å². The summed E-state index contributed by atoms with van der Waals surface area (Å²) in [5.41, 5.74) is 0.685. The summed E-state index contributed by atoms with van der Waals surface area (Å²) < 4.78 is 8.61. The number of hydrogen-bond acceptors (Lipinski definition) is 2. The summed E-state index contributed by atoms with van der Waals surface area (Å²) in [6.45, 7) is 7.28. The number of esters is 1. The molecule has 0 heterocycles. The van der Waals surface area contributed by atoms with Gasteiger partial charge in [0.05, 0.1) is 12.2 Å². The van der Waals surface area contributed by atoms with Crippen LogP contribution in [0.1, 0.15) is 56.8 Å². The molecule has 5 heteroatoms. The highest BCUT2D eigenvalue weighted by atomic mass is 127. The van der Waals surface area contributed by atoms with E-state index >= 15 is 0 Å². The minimum Gasteiger partial charge on any atom is -0.462 e. The lowest BCUT2D eigenvalue weighted by atomic mass is 9.98. The summed E-state index contributed by atoms with van der Waals surface area (Å²) in [7, 11) is 0. The number of hydrogen-bond donors (Lipinski definition) is 0. The second kappa shape index (κ2) is 10.7. The van der Waals surface area contributed by atoms with E-state index in [9.17, 15) is 4.79 Å². The zero-order valence-corrected chi connectivity index (χ0v) is 19.8. The smallest absolute Gasteiger partial charge is 0.339 e. The molecule has 0 saturated carbocycles. The molecule has 0 saturated heterocycles. The molecule has 0 spiro atoms. The number of carbonyl (C=O) groups excluding carboxylic acids is 1. The van der Waals surface area contributed by atoms with Crippen molar-refractivity contribution in [1.29, 1.82) is 0 Å². The van der Waals surface area contributed by atoms with Crippen molar-refractivity contribution in [3.8, 4) is 0 Å². The molecule has 1 aromatic rings. The van der Waals surface area contributed by atoms with Crippen LogP contribution in [0, 0.1) is 22.5 Å². The first-order chi connectivity index (χ1) is 10.3. The molecular formula is C17H23I3O2. The molecular weight excluding hydrogens is 617 g/mol. The van der Waals surface area contributed by atoms with E-state index in [2.05, 4.69) is 94.6 Å². The number of carbonyl (C=O) groups is 1. The average molecular weight is 640 g/mol. The standard InChI is InChI=1S/C17H23I3O2/c1-11(2)5-4-6-12(3)7-8-22-17(21)14-9-13(18)10-15(19)16(14)20/h9-12H,4-8H2,1-3H3. The fourth-order valence-corrected chi connectivity index (χ4v) is 4.53. The first-order valence-corrected chi connectivity index (χ1v) is 10.9. The maximum Gasteiger partial charge on any atom is 0.339 e. The predicted molar refractivity (Wildman–Crippen MR) is 117 cm³/mol. The third-order valence-corrected chi connectivity index (χ3v) is 7.20. The van der Waals surface area contributed by atoms with Gasteiger partial charge in [-0.25, -0.2) is 4.79 Å². The highest BCUT2D eigenvalue weighted by Gasteiger charge is 2.15. The maximum atomic E-state index is 12.2. The molecule has 0 aliphatic carbocycles. The molecule has 1 rings (SSSR count). The van der Waals surface area contributed by atoms with Crippen LogP contribution >= 0.6 is 67.8 Å². The van der Waals surface area contributed by atoms with Crippen LogP contribution in [0.15, 0.2) is 12.1 Å². The lowest BCUT2D eigenvalue weighted by Crippen LogP contribution is -2.11. The van der Waals surface area contributed by atoms with Crippen LogP contribution in [0.3, 0.4) is 0 Å². The van der Waals surface area contributed by atoms with E-state index in [1.807, 2.05) is 6.07 Å². The molecule has 0 bridgehead atoms. The van der Waals surface area contributed by atoms with Crippen molar-refractivity contribution in [2.24, 2.45) is 11.8 Å². The zero-order chi connectivity index (χ0) is 16.7. The third kappa shape index (κ3) is 7.63. The summed E-state index contributed by atoms with van der Waals surface area (Å²) in [4.78, 5) is 12.2. The predicted octanol–water partition coefficient (Wildman–Crippen LogP) is 6.51. The summed E-state index contributed by atoms with van der Waals surface area (Å²) in [6.07, 6.45) is 4.71. The second-order valence-corrected chi connectivity index (χ2v) is 9.59. The lowest BCUT2D eigenvalue weighted by molar-refractivity contribution is 0.0482. The van der Waals surface area contributed by atoms with Gasteiger partial charge < -0.3 is 4.74 Å². The molecule has 0 aromatic heterocycles. The Bertz CT molecular complexity index is 501. The summed E-state index contributed by atoms with van der Waals surface area (Å²) in [5, 5.41) is 0. The van der Waals surface area contributed by atoms with Gasteiger partial charge in [-0.3, -0.25) is 0 Å². The van der Waals surface area contributed by atoms with E-state index in [0.29, 0.717) is 18.1 Å².